The molecule has 0 spiro atoms. The van der Waals surface area contributed by atoms with Gasteiger partial charge >= 0.3 is 0 Å². The number of hydrogen-bond donors (Lipinski definition) is 0. The van der Waals surface area contributed by atoms with E-state index in [2.05, 4.69) is 10.1 Å². The van der Waals surface area contributed by atoms with E-state index >= 15 is 0 Å². The first-order valence-corrected chi connectivity index (χ1v) is 10.1. The predicted molar refractivity (Wildman–Crippen MR) is 118 cm³/mol. The van der Waals surface area contributed by atoms with Gasteiger partial charge in [0.25, 0.3) is 5.91 Å². The fourth-order valence-corrected chi connectivity index (χ4v) is 3.86. The summed E-state index contributed by atoms with van der Waals surface area (Å²) in [6, 6.07) is 18.1. The number of thiazole rings is 1. The Morgan fingerprint density at radius 1 is 1.17 bits per heavy atom. The minimum Gasteiger partial charge on any atom is -0.497 e. The van der Waals surface area contributed by atoms with E-state index in [0.717, 1.165) is 5.56 Å². The summed E-state index contributed by atoms with van der Waals surface area (Å²) in [6.45, 7) is 0. The van der Waals surface area contributed by atoms with Gasteiger partial charge in [-0.3, -0.25) is 4.79 Å². The number of fused-ring (bicyclic) bond motifs is 1. The van der Waals surface area contributed by atoms with Gasteiger partial charge in [-0.15, -0.1) is 0 Å². The summed E-state index contributed by atoms with van der Waals surface area (Å²) in [5.41, 5.74) is 1.71. The summed E-state index contributed by atoms with van der Waals surface area (Å²) in [5.74, 6) is -0.0545. The molecule has 1 heterocycles. The lowest BCUT2D eigenvalue weighted by molar-refractivity contribution is 0.0988. The van der Waals surface area contributed by atoms with Gasteiger partial charge in [-0.1, -0.05) is 29.0 Å². The molecule has 0 bridgehead atoms. The lowest BCUT2D eigenvalue weighted by Gasteiger charge is -2.14. The fraction of sp³-hybridized carbons (Fsp3) is 0.0455. The summed E-state index contributed by atoms with van der Waals surface area (Å²) < 4.78 is 19.4. The van der Waals surface area contributed by atoms with E-state index in [-0.39, 0.29) is 5.82 Å². The van der Waals surface area contributed by atoms with Crippen molar-refractivity contribution in [2.75, 3.05) is 12.1 Å². The molecule has 0 aliphatic rings. The molecular formula is C22H15ClFN3O2S. The Kier molecular flexibility index (Phi) is 5.74. The first kappa shape index (κ1) is 20.0. The number of aromatic nitrogens is 1. The Bertz CT molecular complexity index is 1240. The minimum atomic E-state index is -0.401. The predicted octanol–water partition coefficient (Wildman–Crippen LogP) is 5.78. The molecule has 0 aliphatic carbocycles. The zero-order valence-corrected chi connectivity index (χ0v) is 17.3. The van der Waals surface area contributed by atoms with Crippen LogP contribution in [0.15, 0.2) is 71.8 Å². The first-order chi connectivity index (χ1) is 14.5. The summed E-state index contributed by atoms with van der Waals surface area (Å²) in [6.07, 6.45) is 1.55. The molecule has 30 heavy (non-hydrogen) atoms. The maximum absolute atomic E-state index is 13.6. The van der Waals surface area contributed by atoms with Crippen LogP contribution in [0.5, 0.6) is 5.75 Å². The van der Waals surface area contributed by atoms with E-state index in [9.17, 15) is 9.18 Å². The monoisotopic (exact) mass is 439 g/mol. The third-order valence-electron chi connectivity index (χ3n) is 4.22. The molecule has 4 aromatic rings. The van der Waals surface area contributed by atoms with Crippen LogP contribution in [0.3, 0.4) is 0 Å². The number of benzene rings is 3. The molecule has 0 aliphatic heterocycles. The molecule has 0 unspecified atom stereocenters. The normalized spacial score (nSPS) is 11.2. The number of amides is 1. The van der Waals surface area contributed by atoms with E-state index in [0.29, 0.717) is 31.7 Å². The van der Waals surface area contributed by atoms with Gasteiger partial charge in [0.15, 0.2) is 0 Å². The smallest absolute Gasteiger partial charge is 0.280 e. The molecule has 0 radical (unpaired) electrons. The van der Waals surface area contributed by atoms with Crippen LogP contribution < -0.4 is 9.75 Å². The average molecular weight is 440 g/mol. The maximum atomic E-state index is 13.6. The number of halogens is 2. The Balaban J connectivity index is 1.74. The van der Waals surface area contributed by atoms with Crippen LogP contribution in [0.4, 0.5) is 9.52 Å². The molecule has 1 aromatic heterocycles. The lowest BCUT2D eigenvalue weighted by Crippen LogP contribution is -2.25. The quantitative estimate of drug-likeness (QED) is 0.292. The molecule has 1 amide bonds. The zero-order valence-electron chi connectivity index (χ0n) is 15.8. The number of carbonyl (C=O) groups excluding carboxylic acids is 1. The van der Waals surface area contributed by atoms with E-state index in [1.54, 1.807) is 55.8 Å². The van der Waals surface area contributed by atoms with E-state index in [4.69, 9.17) is 16.3 Å². The molecule has 150 valence electrons. The Hall–Kier alpha value is -3.29. The lowest BCUT2D eigenvalue weighted by atomic mass is 10.2. The topological polar surface area (TPSA) is 54.8 Å². The summed E-state index contributed by atoms with van der Waals surface area (Å²) >= 11 is 7.22. The van der Waals surface area contributed by atoms with Crippen molar-refractivity contribution in [1.82, 2.24) is 4.98 Å². The second kappa shape index (κ2) is 8.61. The van der Waals surface area contributed by atoms with Crippen molar-refractivity contribution in [3.05, 3.63) is 88.7 Å². The molecule has 3 aromatic carbocycles. The maximum Gasteiger partial charge on any atom is 0.280 e. The molecular weight excluding hydrogens is 425 g/mol. The average Bonchev–Trinajstić information content (AvgIpc) is 3.17. The van der Waals surface area contributed by atoms with Gasteiger partial charge in [0, 0.05) is 10.6 Å². The number of carbonyl (C=O) groups is 1. The summed E-state index contributed by atoms with van der Waals surface area (Å²) in [4.78, 5) is 17.6. The van der Waals surface area contributed by atoms with Crippen LogP contribution in [0.2, 0.25) is 5.02 Å². The van der Waals surface area contributed by atoms with Gasteiger partial charge in [-0.25, -0.2) is 9.37 Å². The van der Waals surface area contributed by atoms with Gasteiger partial charge in [0.05, 0.1) is 23.5 Å². The van der Waals surface area contributed by atoms with Crippen LogP contribution in [-0.2, 0) is 0 Å². The molecule has 5 nitrogen and oxygen atoms in total. The highest BCUT2D eigenvalue weighted by Gasteiger charge is 2.21. The second-order valence-corrected chi connectivity index (χ2v) is 7.70. The van der Waals surface area contributed by atoms with Gasteiger partial charge in [-0.05, 0) is 66.2 Å². The minimum absolute atomic E-state index is 0.324. The van der Waals surface area contributed by atoms with Gasteiger partial charge < -0.3 is 4.74 Å². The number of anilines is 1. The highest BCUT2D eigenvalue weighted by Crippen LogP contribution is 2.31. The standard InChI is InChI=1S/C22H15ClFN3O2S/c1-29-18-8-5-14(6-9-18)13-25-27(21(28)15-3-2-4-16(23)11-15)22-26-19-10-7-17(24)12-20(19)30-22/h2-13H,1H3/b25-13+. The number of hydrogen-bond acceptors (Lipinski definition) is 5. The molecule has 0 fully saturated rings. The molecule has 0 atom stereocenters. The number of ether oxygens (including phenoxy) is 1. The number of hydrazone groups is 1. The van der Waals surface area contributed by atoms with Gasteiger partial charge in [0.2, 0.25) is 5.13 Å². The molecule has 0 saturated carbocycles. The van der Waals surface area contributed by atoms with Crippen LogP contribution in [0.1, 0.15) is 15.9 Å². The third-order valence-corrected chi connectivity index (χ3v) is 5.45. The Morgan fingerprint density at radius 3 is 2.70 bits per heavy atom. The molecule has 0 N–H and O–H groups in total. The van der Waals surface area contributed by atoms with Crippen molar-refractivity contribution in [3.63, 3.8) is 0 Å². The third kappa shape index (κ3) is 4.32. The first-order valence-electron chi connectivity index (χ1n) is 8.87. The van der Waals surface area contributed by atoms with Crippen molar-refractivity contribution in [3.8, 4) is 5.75 Å². The zero-order chi connectivity index (χ0) is 21.1. The van der Waals surface area contributed by atoms with Crippen LogP contribution in [-0.4, -0.2) is 24.2 Å². The van der Waals surface area contributed by atoms with Crippen LogP contribution in [0, 0.1) is 5.82 Å². The fourth-order valence-electron chi connectivity index (χ4n) is 2.72. The van der Waals surface area contributed by atoms with E-state index in [1.165, 1.54) is 28.5 Å². The molecule has 8 heteroatoms. The van der Waals surface area contributed by atoms with Crippen molar-refractivity contribution < 1.29 is 13.9 Å². The van der Waals surface area contributed by atoms with Crippen LogP contribution in [0.25, 0.3) is 10.2 Å². The number of rotatable bonds is 5. The van der Waals surface area contributed by atoms with Crippen LogP contribution >= 0.6 is 22.9 Å². The molecule has 4 rings (SSSR count). The number of nitrogens with zero attached hydrogens (tertiary/aromatic N) is 3. The largest absolute Gasteiger partial charge is 0.497 e. The van der Waals surface area contributed by atoms with E-state index in [1.807, 2.05) is 12.1 Å². The highest BCUT2D eigenvalue weighted by molar-refractivity contribution is 7.22. The highest BCUT2D eigenvalue weighted by atomic mass is 35.5. The van der Waals surface area contributed by atoms with Crippen molar-refractivity contribution in [1.29, 1.82) is 0 Å². The van der Waals surface area contributed by atoms with Crippen molar-refractivity contribution in [2.45, 2.75) is 0 Å². The Morgan fingerprint density at radius 2 is 1.97 bits per heavy atom. The summed E-state index contributed by atoms with van der Waals surface area (Å²) in [7, 11) is 1.59. The van der Waals surface area contributed by atoms with Gasteiger partial charge in [-0.2, -0.15) is 10.1 Å². The van der Waals surface area contributed by atoms with Crippen molar-refractivity contribution >= 4 is 50.4 Å². The molecule has 0 saturated heterocycles. The van der Waals surface area contributed by atoms with E-state index < -0.39 is 5.91 Å². The van der Waals surface area contributed by atoms with Gasteiger partial charge in [0.1, 0.15) is 11.6 Å². The second-order valence-electron chi connectivity index (χ2n) is 6.25. The van der Waals surface area contributed by atoms with Crippen molar-refractivity contribution in [2.24, 2.45) is 5.10 Å². The number of methoxy groups -OCH3 is 1. The SMILES string of the molecule is COc1ccc(/C=N/N(C(=O)c2cccc(Cl)c2)c2nc3ccc(F)cc3s2)cc1. The summed E-state index contributed by atoms with van der Waals surface area (Å²) in [5, 5.41) is 6.33. The Labute approximate surface area is 181 Å².